The molecule has 0 atom stereocenters. The van der Waals surface area contributed by atoms with Crippen LogP contribution in [-0.4, -0.2) is 24.6 Å². The van der Waals surface area contributed by atoms with Gasteiger partial charge in [0.05, 0.1) is 0 Å². The van der Waals surface area contributed by atoms with Crippen LogP contribution < -0.4 is 5.32 Å². The van der Waals surface area contributed by atoms with Crippen molar-refractivity contribution in [3.05, 3.63) is 0 Å². The predicted molar refractivity (Wildman–Crippen MR) is 38.1 cm³/mol. The summed E-state index contributed by atoms with van der Waals surface area (Å²) in [5.41, 5.74) is 0. The zero-order valence-electron chi connectivity index (χ0n) is 5.80. The van der Waals surface area contributed by atoms with Crippen molar-refractivity contribution in [3.63, 3.8) is 0 Å². The molecule has 0 fully saturated rings. The third kappa shape index (κ3) is 1.91. The SMILES string of the molecule is CCCCN1CNC=N1. The van der Waals surface area contributed by atoms with Gasteiger partial charge in [0, 0.05) is 6.54 Å². The maximum Gasteiger partial charge on any atom is 0.110 e. The van der Waals surface area contributed by atoms with Crippen molar-refractivity contribution >= 4 is 6.34 Å². The van der Waals surface area contributed by atoms with Crippen LogP contribution in [0.25, 0.3) is 0 Å². The van der Waals surface area contributed by atoms with Gasteiger partial charge in [-0.3, -0.25) is 5.01 Å². The van der Waals surface area contributed by atoms with Gasteiger partial charge < -0.3 is 5.32 Å². The molecule has 0 aromatic heterocycles. The summed E-state index contributed by atoms with van der Waals surface area (Å²) in [6.07, 6.45) is 4.22. The standard InChI is InChI=1S/C6H13N3/c1-2-3-4-9-6-7-5-8-9/h5H,2-4,6H2,1H3,(H,7,8). The van der Waals surface area contributed by atoms with Crippen molar-refractivity contribution in [2.24, 2.45) is 5.10 Å². The van der Waals surface area contributed by atoms with Gasteiger partial charge in [-0.15, -0.1) is 0 Å². The van der Waals surface area contributed by atoms with E-state index < -0.39 is 0 Å². The fourth-order valence-corrected chi connectivity index (χ4v) is 0.787. The normalized spacial score (nSPS) is 16.3. The van der Waals surface area contributed by atoms with Crippen LogP contribution in [0.5, 0.6) is 0 Å². The molecule has 0 spiro atoms. The van der Waals surface area contributed by atoms with E-state index in [4.69, 9.17) is 0 Å². The van der Waals surface area contributed by atoms with Crippen molar-refractivity contribution in [2.45, 2.75) is 19.8 Å². The maximum absolute atomic E-state index is 4.07. The summed E-state index contributed by atoms with van der Waals surface area (Å²) >= 11 is 0. The second-order valence-corrected chi connectivity index (χ2v) is 2.19. The summed E-state index contributed by atoms with van der Waals surface area (Å²) in [7, 11) is 0. The molecule has 52 valence electrons. The highest BCUT2D eigenvalue weighted by Gasteiger charge is 2.01. The first-order valence-electron chi connectivity index (χ1n) is 3.44. The first-order valence-corrected chi connectivity index (χ1v) is 3.44. The van der Waals surface area contributed by atoms with Gasteiger partial charge in [0.25, 0.3) is 0 Å². The van der Waals surface area contributed by atoms with Crippen LogP contribution >= 0.6 is 0 Å². The molecule has 0 saturated heterocycles. The van der Waals surface area contributed by atoms with Gasteiger partial charge in [0.1, 0.15) is 13.0 Å². The van der Waals surface area contributed by atoms with Crippen molar-refractivity contribution in [2.75, 3.05) is 13.2 Å². The Labute approximate surface area is 55.7 Å². The van der Waals surface area contributed by atoms with Gasteiger partial charge in [0.2, 0.25) is 0 Å². The molecule has 0 unspecified atom stereocenters. The quantitative estimate of drug-likeness (QED) is 0.601. The Kier molecular flexibility index (Phi) is 2.36. The molecule has 1 heterocycles. The van der Waals surface area contributed by atoms with E-state index in [1.54, 1.807) is 6.34 Å². The number of nitrogens with zero attached hydrogens (tertiary/aromatic N) is 2. The van der Waals surface area contributed by atoms with Crippen LogP contribution in [0, 0.1) is 0 Å². The Morgan fingerprint density at radius 2 is 2.67 bits per heavy atom. The van der Waals surface area contributed by atoms with Crippen LogP contribution in [0.1, 0.15) is 19.8 Å². The van der Waals surface area contributed by atoms with Gasteiger partial charge >= 0.3 is 0 Å². The average Bonchev–Trinajstić information content (AvgIpc) is 2.34. The van der Waals surface area contributed by atoms with Gasteiger partial charge in [-0.1, -0.05) is 13.3 Å². The number of rotatable bonds is 3. The zero-order chi connectivity index (χ0) is 6.53. The molecule has 0 aromatic rings. The topological polar surface area (TPSA) is 27.6 Å². The molecular formula is C6H13N3. The molecule has 1 aliphatic heterocycles. The molecule has 3 heteroatoms. The van der Waals surface area contributed by atoms with Gasteiger partial charge in [-0.2, -0.15) is 5.10 Å². The lowest BCUT2D eigenvalue weighted by atomic mass is 10.3. The highest BCUT2D eigenvalue weighted by Crippen LogP contribution is 1.95. The highest BCUT2D eigenvalue weighted by atomic mass is 15.5. The molecule has 0 aromatic carbocycles. The summed E-state index contributed by atoms with van der Waals surface area (Å²) in [5.74, 6) is 0. The Balaban J connectivity index is 2.05. The van der Waals surface area contributed by atoms with E-state index >= 15 is 0 Å². The van der Waals surface area contributed by atoms with Crippen molar-refractivity contribution in [1.29, 1.82) is 0 Å². The van der Waals surface area contributed by atoms with E-state index in [1.807, 2.05) is 5.01 Å². The van der Waals surface area contributed by atoms with Crippen LogP contribution in [-0.2, 0) is 0 Å². The summed E-state index contributed by atoms with van der Waals surface area (Å²) in [6, 6.07) is 0. The fourth-order valence-electron chi connectivity index (χ4n) is 0.787. The molecule has 0 saturated carbocycles. The van der Waals surface area contributed by atoms with E-state index in [-0.39, 0.29) is 0 Å². The number of hydrazone groups is 1. The lowest BCUT2D eigenvalue weighted by molar-refractivity contribution is 0.303. The van der Waals surface area contributed by atoms with E-state index in [9.17, 15) is 0 Å². The van der Waals surface area contributed by atoms with E-state index in [2.05, 4.69) is 17.3 Å². The lowest BCUT2D eigenvalue weighted by Gasteiger charge is -2.10. The van der Waals surface area contributed by atoms with Crippen LogP contribution in [0.15, 0.2) is 5.10 Å². The smallest absolute Gasteiger partial charge is 0.110 e. The van der Waals surface area contributed by atoms with Crippen molar-refractivity contribution in [3.8, 4) is 0 Å². The zero-order valence-corrected chi connectivity index (χ0v) is 5.80. The summed E-state index contributed by atoms with van der Waals surface area (Å²) in [5, 5.41) is 9.12. The van der Waals surface area contributed by atoms with Gasteiger partial charge in [-0.05, 0) is 6.42 Å². The maximum atomic E-state index is 4.07. The monoisotopic (exact) mass is 127 g/mol. The minimum absolute atomic E-state index is 0.889. The Bertz CT molecular complexity index is 100. The molecule has 9 heavy (non-hydrogen) atoms. The third-order valence-electron chi connectivity index (χ3n) is 1.36. The average molecular weight is 127 g/mol. The van der Waals surface area contributed by atoms with E-state index in [0.717, 1.165) is 13.2 Å². The summed E-state index contributed by atoms with van der Waals surface area (Å²) in [6.45, 7) is 4.16. The Morgan fingerprint density at radius 3 is 3.22 bits per heavy atom. The van der Waals surface area contributed by atoms with Crippen molar-refractivity contribution < 1.29 is 0 Å². The summed E-state index contributed by atoms with van der Waals surface area (Å²) in [4.78, 5) is 0. The van der Waals surface area contributed by atoms with E-state index in [0.29, 0.717) is 0 Å². The number of unbranched alkanes of at least 4 members (excludes halogenated alkanes) is 1. The lowest BCUT2D eigenvalue weighted by Crippen LogP contribution is -2.21. The van der Waals surface area contributed by atoms with Gasteiger partial charge in [0.15, 0.2) is 0 Å². The first-order chi connectivity index (χ1) is 4.43. The number of hydrogen-bond donors (Lipinski definition) is 1. The molecule has 0 bridgehead atoms. The molecule has 1 aliphatic rings. The Morgan fingerprint density at radius 1 is 1.78 bits per heavy atom. The van der Waals surface area contributed by atoms with Crippen LogP contribution in [0.2, 0.25) is 0 Å². The van der Waals surface area contributed by atoms with Crippen LogP contribution in [0.4, 0.5) is 0 Å². The Hall–Kier alpha value is -0.730. The van der Waals surface area contributed by atoms with Gasteiger partial charge in [-0.25, -0.2) is 0 Å². The first kappa shape index (κ1) is 6.39. The number of nitrogens with one attached hydrogen (secondary N) is 1. The van der Waals surface area contributed by atoms with Crippen molar-refractivity contribution in [1.82, 2.24) is 10.3 Å². The van der Waals surface area contributed by atoms with E-state index in [1.165, 1.54) is 12.8 Å². The molecule has 1 rings (SSSR count). The molecule has 3 nitrogen and oxygen atoms in total. The molecule has 0 aliphatic carbocycles. The second kappa shape index (κ2) is 3.33. The molecule has 0 radical (unpaired) electrons. The molecule has 1 N–H and O–H groups in total. The third-order valence-corrected chi connectivity index (χ3v) is 1.36. The second-order valence-electron chi connectivity index (χ2n) is 2.19. The van der Waals surface area contributed by atoms with Crippen LogP contribution in [0.3, 0.4) is 0 Å². The fraction of sp³-hybridized carbons (Fsp3) is 0.833. The summed E-state index contributed by atoms with van der Waals surface area (Å²) < 4.78 is 0. The highest BCUT2D eigenvalue weighted by molar-refractivity contribution is 5.55. The minimum Gasteiger partial charge on any atom is -0.356 e. The predicted octanol–water partition coefficient (Wildman–Crippen LogP) is 0.593. The minimum atomic E-state index is 0.889. The molecule has 0 amide bonds. The molecular weight excluding hydrogens is 114 g/mol. The largest absolute Gasteiger partial charge is 0.356 e. The number of hydrogen-bond acceptors (Lipinski definition) is 3.